The van der Waals surface area contributed by atoms with Crippen molar-refractivity contribution in [3.8, 4) is 0 Å². The SMILES string of the molecule is CC(C)NS(=O)(=O)c1ccc(NC(=O)C(Cc2ccccc2)NC(=O)c2cccs2)cc1. The summed E-state index contributed by atoms with van der Waals surface area (Å²) in [4.78, 5) is 26.2. The van der Waals surface area contributed by atoms with Crippen LogP contribution in [0.1, 0.15) is 29.1 Å². The number of hydrogen-bond acceptors (Lipinski definition) is 5. The molecule has 1 unspecified atom stereocenters. The van der Waals surface area contributed by atoms with E-state index in [1.165, 1.54) is 35.6 Å². The Morgan fingerprint density at radius 1 is 0.938 bits per heavy atom. The lowest BCUT2D eigenvalue weighted by atomic mass is 10.0. The predicted molar refractivity (Wildman–Crippen MR) is 126 cm³/mol. The number of nitrogens with one attached hydrogen (secondary N) is 3. The van der Waals surface area contributed by atoms with Gasteiger partial charge in [0.2, 0.25) is 15.9 Å². The number of carbonyl (C=O) groups is 2. The lowest BCUT2D eigenvalue weighted by Crippen LogP contribution is -2.45. The first kappa shape index (κ1) is 23.6. The summed E-state index contributed by atoms with van der Waals surface area (Å²) in [6.45, 7) is 3.48. The molecular formula is C23H25N3O4S2. The highest BCUT2D eigenvalue weighted by Crippen LogP contribution is 2.16. The highest BCUT2D eigenvalue weighted by Gasteiger charge is 2.23. The van der Waals surface area contributed by atoms with Crippen molar-refractivity contribution in [1.29, 1.82) is 0 Å². The van der Waals surface area contributed by atoms with E-state index >= 15 is 0 Å². The second kappa shape index (κ2) is 10.5. The first-order valence-corrected chi connectivity index (χ1v) is 12.4. The van der Waals surface area contributed by atoms with E-state index in [1.807, 2.05) is 30.3 Å². The summed E-state index contributed by atoms with van der Waals surface area (Å²) in [6, 6.07) is 17.7. The smallest absolute Gasteiger partial charge is 0.262 e. The zero-order valence-corrected chi connectivity index (χ0v) is 19.4. The molecule has 0 radical (unpaired) electrons. The molecule has 0 aliphatic rings. The normalized spacial score (nSPS) is 12.3. The van der Waals surface area contributed by atoms with Crippen molar-refractivity contribution in [1.82, 2.24) is 10.0 Å². The van der Waals surface area contributed by atoms with Crippen LogP contribution < -0.4 is 15.4 Å². The molecule has 9 heteroatoms. The molecular weight excluding hydrogens is 446 g/mol. The summed E-state index contributed by atoms with van der Waals surface area (Å²) in [5, 5.41) is 7.36. The molecule has 0 aliphatic carbocycles. The van der Waals surface area contributed by atoms with Crippen LogP contribution in [0.4, 0.5) is 5.69 Å². The van der Waals surface area contributed by atoms with E-state index in [4.69, 9.17) is 0 Å². The molecule has 3 aromatic rings. The summed E-state index contributed by atoms with van der Waals surface area (Å²) in [6.07, 6.45) is 0.314. The van der Waals surface area contributed by atoms with Crippen molar-refractivity contribution in [2.75, 3.05) is 5.32 Å². The first-order chi connectivity index (χ1) is 15.2. The minimum Gasteiger partial charge on any atom is -0.339 e. The largest absolute Gasteiger partial charge is 0.339 e. The Kier molecular flexibility index (Phi) is 7.79. The van der Waals surface area contributed by atoms with Gasteiger partial charge in [0, 0.05) is 18.2 Å². The highest BCUT2D eigenvalue weighted by atomic mass is 32.2. The van der Waals surface area contributed by atoms with Gasteiger partial charge in [-0.1, -0.05) is 36.4 Å². The molecule has 2 aromatic carbocycles. The average Bonchev–Trinajstić information content (AvgIpc) is 3.28. The Morgan fingerprint density at radius 3 is 2.22 bits per heavy atom. The van der Waals surface area contributed by atoms with E-state index in [0.717, 1.165) is 5.56 Å². The molecule has 3 N–H and O–H groups in total. The minimum atomic E-state index is -3.62. The summed E-state index contributed by atoms with van der Waals surface area (Å²) in [5.41, 5.74) is 1.34. The molecule has 2 amide bonds. The molecule has 0 saturated heterocycles. The molecule has 168 valence electrons. The van der Waals surface area contributed by atoms with Gasteiger partial charge in [0.25, 0.3) is 5.91 Å². The van der Waals surface area contributed by atoms with Crippen molar-refractivity contribution in [2.24, 2.45) is 0 Å². The van der Waals surface area contributed by atoms with Crippen molar-refractivity contribution in [3.05, 3.63) is 82.6 Å². The number of hydrogen-bond donors (Lipinski definition) is 3. The van der Waals surface area contributed by atoms with Gasteiger partial charge in [-0.05, 0) is 55.1 Å². The number of carbonyl (C=O) groups excluding carboxylic acids is 2. The summed E-state index contributed by atoms with van der Waals surface area (Å²) in [7, 11) is -3.62. The van der Waals surface area contributed by atoms with Crippen LogP contribution in [0.25, 0.3) is 0 Å². The fourth-order valence-corrected chi connectivity index (χ4v) is 4.90. The fraction of sp³-hybridized carbons (Fsp3) is 0.217. The molecule has 0 saturated carbocycles. The van der Waals surface area contributed by atoms with Crippen molar-refractivity contribution in [2.45, 2.75) is 37.2 Å². The van der Waals surface area contributed by atoms with Crippen LogP contribution in [0.3, 0.4) is 0 Å². The van der Waals surface area contributed by atoms with Crippen LogP contribution in [-0.2, 0) is 21.2 Å². The predicted octanol–water partition coefficient (Wildman–Crippen LogP) is 3.41. The quantitative estimate of drug-likeness (QED) is 0.445. The molecule has 0 fully saturated rings. The molecule has 0 bridgehead atoms. The van der Waals surface area contributed by atoms with E-state index in [-0.39, 0.29) is 16.8 Å². The molecule has 1 heterocycles. The fourth-order valence-electron chi connectivity index (χ4n) is 3.02. The topological polar surface area (TPSA) is 104 Å². The van der Waals surface area contributed by atoms with Gasteiger partial charge in [-0.15, -0.1) is 11.3 Å². The third kappa shape index (κ3) is 6.49. The zero-order valence-electron chi connectivity index (χ0n) is 17.7. The van der Waals surface area contributed by atoms with Crippen LogP contribution >= 0.6 is 11.3 Å². The van der Waals surface area contributed by atoms with E-state index in [2.05, 4.69) is 15.4 Å². The Hall–Kier alpha value is -3.01. The second-order valence-corrected chi connectivity index (χ2v) is 10.1. The number of rotatable bonds is 9. The van der Waals surface area contributed by atoms with Crippen LogP contribution in [0.5, 0.6) is 0 Å². The maximum absolute atomic E-state index is 13.0. The van der Waals surface area contributed by atoms with Crippen LogP contribution in [-0.4, -0.2) is 32.3 Å². The zero-order chi connectivity index (χ0) is 23.1. The van der Waals surface area contributed by atoms with Crippen LogP contribution in [0.15, 0.2) is 77.0 Å². The summed E-state index contributed by atoms with van der Waals surface area (Å²) in [5.74, 6) is -0.716. The number of thiophene rings is 1. The highest BCUT2D eigenvalue weighted by molar-refractivity contribution is 7.89. The van der Waals surface area contributed by atoms with Gasteiger partial charge in [0.15, 0.2) is 0 Å². The Bertz CT molecular complexity index is 1140. The maximum Gasteiger partial charge on any atom is 0.262 e. The Labute approximate surface area is 191 Å². The Balaban J connectivity index is 1.74. The van der Waals surface area contributed by atoms with Gasteiger partial charge in [-0.2, -0.15) is 0 Å². The molecule has 7 nitrogen and oxygen atoms in total. The van der Waals surface area contributed by atoms with Gasteiger partial charge < -0.3 is 10.6 Å². The van der Waals surface area contributed by atoms with Gasteiger partial charge >= 0.3 is 0 Å². The number of anilines is 1. The molecule has 1 atom stereocenters. The summed E-state index contributed by atoms with van der Waals surface area (Å²) >= 11 is 1.30. The Morgan fingerprint density at radius 2 is 1.62 bits per heavy atom. The third-order valence-electron chi connectivity index (χ3n) is 4.47. The molecule has 0 spiro atoms. The molecule has 32 heavy (non-hydrogen) atoms. The maximum atomic E-state index is 13.0. The van der Waals surface area contributed by atoms with Crippen molar-refractivity contribution >= 4 is 38.9 Å². The first-order valence-electron chi connectivity index (χ1n) is 10.1. The van der Waals surface area contributed by atoms with E-state index < -0.39 is 22.0 Å². The molecule has 0 aliphatic heterocycles. The average molecular weight is 472 g/mol. The summed E-state index contributed by atoms with van der Waals surface area (Å²) < 4.78 is 27.1. The van der Waals surface area contributed by atoms with Gasteiger partial charge in [0.05, 0.1) is 9.77 Å². The number of benzene rings is 2. The van der Waals surface area contributed by atoms with Gasteiger partial charge in [-0.25, -0.2) is 13.1 Å². The second-order valence-electron chi connectivity index (χ2n) is 7.48. The van der Waals surface area contributed by atoms with Crippen molar-refractivity contribution in [3.63, 3.8) is 0 Å². The van der Waals surface area contributed by atoms with Crippen LogP contribution in [0, 0.1) is 0 Å². The van der Waals surface area contributed by atoms with E-state index in [9.17, 15) is 18.0 Å². The van der Waals surface area contributed by atoms with E-state index in [0.29, 0.717) is 17.0 Å². The van der Waals surface area contributed by atoms with Crippen molar-refractivity contribution < 1.29 is 18.0 Å². The monoisotopic (exact) mass is 471 g/mol. The number of sulfonamides is 1. The standard InChI is InChI=1S/C23H25N3O4S2/c1-16(2)26-32(29,30)19-12-10-18(11-13-19)24-22(27)20(15-17-7-4-3-5-8-17)25-23(28)21-9-6-14-31-21/h3-14,16,20,26H,15H2,1-2H3,(H,24,27)(H,25,28). The lowest BCUT2D eigenvalue weighted by Gasteiger charge is -2.18. The third-order valence-corrected chi connectivity index (χ3v) is 7.02. The number of amides is 2. The van der Waals surface area contributed by atoms with Crippen LogP contribution in [0.2, 0.25) is 0 Å². The van der Waals surface area contributed by atoms with E-state index in [1.54, 1.807) is 31.4 Å². The van der Waals surface area contributed by atoms with Gasteiger partial charge in [0.1, 0.15) is 6.04 Å². The minimum absolute atomic E-state index is 0.107. The molecule has 1 aromatic heterocycles. The van der Waals surface area contributed by atoms with Gasteiger partial charge in [-0.3, -0.25) is 9.59 Å². The lowest BCUT2D eigenvalue weighted by molar-refractivity contribution is -0.118. The molecule has 3 rings (SSSR count).